The summed E-state index contributed by atoms with van der Waals surface area (Å²) in [6.45, 7) is 1.87. The van der Waals surface area contributed by atoms with Crippen molar-refractivity contribution in [1.82, 2.24) is 5.43 Å². The molecule has 0 saturated carbocycles. The van der Waals surface area contributed by atoms with Gasteiger partial charge in [0.2, 0.25) is 0 Å². The van der Waals surface area contributed by atoms with Crippen molar-refractivity contribution in [2.24, 2.45) is 5.10 Å². The molecule has 0 aliphatic rings. The van der Waals surface area contributed by atoms with Gasteiger partial charge in [-0.25, -0.2) is 5.43 Å². The summed E-state index contributed by atoms with van der Waals surface area (Å²) in [5, 5.41) is 6.17. The number of amides is 1. The first kappa shape index (κ1) is 15.4. The van der Waals surface area contributed by atoms with Crippen LogP contribution in [0, 0.1) is 0 Å². The molecule has 4 heteroatoms. The Balaban J connectivity index is 1.85. The lowest BCUT2D eigenvalue weighted by atomic mass is 10.0. The minimum absolute atomic E-state index is 0.212. The summed E-state index contributed by atoms with van der Waals surface area (Å²) in [6, 6.07) is 21.3. The van der Waals surface area contributed by atoms with Gasteiger partial charge in [0.05, 0.1) is 5.71 Å². The first-order valence-corrected chi connectivity index (χ1v) is 8.03. The SMILES string of the molecule is CC(=NNC(=O)c1cccc2ccccc12)c1cccc(Br)c1. The monoisotopic (exact) mass is 366 g/mol. The van der Waals surface area contributed by atoms with Crippen LogP contribution < -0.4 is 5.43 Å². The molecular weight excluding hydrogens is 352 g/mol. The molecule has 0 atom stereocenters. The average Bonchev–Trinajstić information content (AvgIpc) is 2.59. The maximum atomic E-state index is 12.4. The number of fused-ring (bicyclic) bond motifs is 1. The van der Waals surface area contributed by atoms with Gasteiger partial charge in [0, 0.05) is 10.0 Å². The molecule has 0 fully saturated rings. The van der Waals surface area contributed by atoms with Crippen molar-refractivity contribution in [2.75, 3.05) is 0 Å². The van der Waals surface area contributed by atoms with Crippen molar-refractivity contribution >= 4 is 38.3 Å². The lowest BCUT2D eigenvalue weighted by molar-refractivity contribution is 0.0956. The van der Waals surface area contributed by atoms with Crippen molar-refractivity contribution < 1.29 is 4.79 Å². The van der Waals surface area contributed by atoms with E-state index in [1.807, 2.05) is 73.7 Å². The Labute approximate surface area is 143 Å². The van der Waals surface area contributed by atoms with Gasteiger partial charge in [0.1, 0.15) is 0 Å². The number of halogens is 1. The van der Waals surface area contributed by atoms with E-state index in [-0.39, 0.29) is 5.91 Å². The molecule has 3 rings (SSSR count). The van der Waals surface area contributed by atoms with Crippen LogP contribution in [0.4, 0.5) is 0 Å². The number of hydrogen-bond acceptors (Lipinski definition) is 2. The molecule has 0 bridgehead atoms. The second-order valence-corrected chi connectivity index (χ2v) is 6.09. The van der Waals surface area contributed by atoms with E-state index in [0.717, 1.165) is 26.5 Å². The molecule has 0 heterocycles. The minimum atomic E-state index is -0.212. The van der Waals surface area contributed by atoms with E-state index in [1.165, 1.54) is 0 Å². The fraction of sp³-hybridized carbons (Fsp3) is 0.0526. The molecule has 3 aromatic carbocycles. The van der Waals surface area contributed by atoms with Crippen LogP contribution in [-0.4, -0.2) is 11.6 Å². The van der Waals surface area contributed by atoms with Gasteiger partial charge < -0.3 is 0 Å². The van der Waals surface area contributed by atoms with E-state index < -0.39 is 0 Å². The zero-order valence-electron chi connectivity index (χ0n) is 12.6. The number of hydrogen-bond donors (Lipinski definition) is 1. The summed E-state index contributed by atoms with van der Waals surface area (Å²) in [5.74, 6) is -0.212. The van der Waals surface area contributed by atoms with E-state index in [0.29, 0.717) is 5.56 Å². The predicted octanol–water partition coefficient (Wildman–Crippen LogP) is 4.76. The Morgan fingerprint density at radius 2 is 1.74 bits per heavy atom. The zero-order valence-corrected chi connectivity index (χ0v) is 14.2. The van der Waals surface area contributed by atoms with Gasteiger partial charge in [-0.1, -0.05) is 64.5 Å². The van der Waals surface area contributed by atoms with Gasteiger partial charge in [0.15, 0.2) is 0 Å². The Bertz CT molecular complexity index is 897. The summed E-state index contributed by atoms with van der Waals surface area (Å²) in [7, 11) is 0. The highest BCUT2D eigenvalue weighted by Crippen LogP contribution is 2.18. The molecule has 114 valence electrons. The number of hydrazone groups is 1. The number of benzene rings is 3. The van der Waals surface area contributed by atoms with Crippen LogP contribution in [-0.2, 0) is 0 Å². The van der Waals surface area contributed by atoms with Crippen LogP contribution in [0.25, 0.3) is 10.8 Å². The highest BCUT2D eigenvalue weighted by atomic mass is 79.9. The molecule has 23 heavy (non-hydrogen) atoms. The largest absolute Gasteiger partial charge is 0.272 e. The molecule has 0 spiro atoms. The zero-order chi connectivity index (χ0) is 16.2. The highest BCUT2D eigenvalue weighted by Gasteiger charge is 2.09. The van der Waals surface area contributed by atoms with Gasteiger partial charge in [-0.15, -0.1) is 0 Å². The molecule has 0 aliphatic carbocycles. The molecule has 0 saturated heterocycles. The fourth-order valence-electron chi connectivity index (χ4n) is 2.40. The van der Waals surface area contributed by atoms with Crippen molar-refractivity contribution in [3.8, 4) is 0 Å². The lowest BCUT2D eigenvalue weighted by Crippen LogP contribution is -2.19. The standard InChI is InChI=1S/C19H15BrN2O/c1-13(15-8-4-9-16(20)12-15)21-22-19(23)18-11-5-7-14-6-2-3-10-17(14)18/h2-12H,1H3,(H,22,23). The van der Waals surface area contributed by atoms with Crippen LogP contribution in [0.15, 0.2) is 76.3 Å². The molecular formula is C19H15BrN2O. The van der Waals surface area contributed by atoms with E-state index >= 15 is 0 Å². The molecule has 0 radical (unpaired) electrons. The van der Waals surface area contributed by atoms with E-state index in [1.54, 1.807) is 0 Å². The third-order valence-electron chi connectivity index (χ3n) is 3.60. The highest BCUT2D eigenvalue weighted by molar-refractivity contribution is 9.10. The quantitative estimate of drug-likeness (QED) is 0.527. The number of nitrogens with one attached hydrogen (secondary N) is 1. The van der Waals surface area contributed by atoms with Crippen LogP contribution >= 0.6 is 15.9 Å². The van der Waals surface area contributed by atoms with Gasteiger partial charge in [-0.3, -0.25) is 4.79 Å². The summed E-state index contributed by atoms with van der Waals surface area (Å²) < 4.78 is 0.977. The number of nitrogens with zero attached hydrogens (tertiary/aromatic N) is 1. The maximum absolute atomic E-state index is 12.4. The molecule has 3 nitrogen and oxygen atoms in total. The topological polar surface area (TPSA) is 41.5 Å². The second-order valence-electron chi connectivity index (χ2n) is 5.18. The van der Waals surface area contributed by atoms with Crippen LogP contribution in [0.5, 0.6) is 0 Å². The summed E-state index contributed by atoms with van der Waals surface area (Å²) in [5.41, 5.74) is 4.97. The van der Waals surface area contributed by atoms with Gasteiger partial charge in [0.25, 0.3) is 5.91 Å². The molecule has 0 aliphatic heterocycles. The fourth-order valence-corrected chi connectivity index (χ4v) is 2.80. The van der Waals surface area contributed by atoms with Gasteiger partial charge in [-0.2, -0.15) is 5.10 Å². The summed E-state index contributed by atoms with van der Waals surface area (Å²) >= 11 is 3.43. The second kappa shape index (κ2) is 6.75. The predicted molar refractivity (Wildman–Crippen MR) is 97.8 cm³/mol. The summed E-state index contributed by atoms with van der Waals surface area (Å²) in [4.78, 5) is 12.4. The van der Waals surface area contributed by atoms with E-state index in [2.05, 4.69) is 26.5 Å². The first-order chi connectivity index (χ1) is 11.1. The van der Waals surface area contributed by atoms with Crippen molar-refractivity contribution in [1.29, 1.82) is 0 Å². The number of carbonyl (C=O) groups is 1. The molecule has 0 unspecified atom stereocenters. The Morgan fingerprint density at radius 3 is 2.57 bits per heavy atom. The van der Waals surface area contributed by atoms with Crippen molar-refractivity contribution in [2.45, 2.75) is 6.92 Å². The average molecular weight is 367 g/mol. The van der Waals surface area contributed by atoms with Gasteiger partial charge in [-0.05, 0) is 41.5 Å². The molecule has 1 amide bonds. The Hall–Kier alpha value is -2.46. The van der Waals surface area contributed by atoms with E-state index in [4.69, 9.17) is 0 Å². The third kappa shape index (κ3) is 3.48. The maximum Gasteiger partial charge on any atom is 0.272 e. The minimum Gasteiger partial charge on any atom is -0.267 e. The number of carbonyl (C=O) groups excluding carboxylic acids is 1. The van der Waals surface area contributed by atoms with Crippen molar-refractivity contribution in [3.63, 3.8) is 0 Å². The van der Waals surface area contributed by atoms with Gasteiger partial charge >= 0.3 is 0 Å². The third-order valence-corrected chi connectivity index (χ3v) is 4.10. The Kier molecular flexibility index (Phi) is 4.53. The lowest BCUT2D eigenvalue weighted by Gasteiger charge is -2.06. The van der Waals surface area contributed by atoms with Crippen LogP contribution in [0.2, 0.25) is 0 Å². The van der Waals surface area contributed by atoms with Crippen molar-refractivity contribution in [3.05, 3.63) is 82.3 Å². The van der Waals surface area contributed by atoms with Crippen LogP contribution in [0.3, 0.4) is 0 Å². The number of rotatable bonds is 3. The summed E-state index contributed by atoms with van der Waals surface area (Å²) in [6.07, 6.45) is 0. The van der Waals surface area contributed by atoms with Crippen LogP contribution in [0.1, 0.15) is 22.8 Å². The molecule has 3 aromatic rings. The van der Waals surface area contributed by atoms with E-state index in [9.17, 15) is 4.79 Å². The Morgan fingerprint density at radius 1 is 1.00 bits per heavy atom. The smallest absolute Gasteiger partial charge is 0.267 e. The normalized spacial score (nSPS) is 11.5. The molecule has 0 aromatic heterocycles. The molecule has 1 N–H and O–H groups in total. The first-order valence-electron chi connectivity index (χ1n) is 7.23.